The Morgan fingerprint density at radius 3 is 2.87 bits per heavy atom. The highest BCUT2D eigenvalue weighted by molar-refractivity contribution is 4.68. The summed E-state index contributed by atoms with van der Waals surface area (Å²) in [6.45, 7) is 8.16. The summed E-state index contributed by atoms with van der Waals surface area (Å²) in [4.78, 5) is 0. The molecule has 1 fully saturated rings. The molecule has 1 rings (SSSR count). The number of ether oxygens (including phenoxy) is 3. The van der Waals surface area contributed by atoms with Crippen molar-refractivity contribution in [2.24, 2.45) is 0 Å². The normalized spacial score (nSPS) is 23.0. The zero-order valence-electron chi connectivity index (χ0n) is 10.0. The topological polar surface area (TPSA) is 39.7 Å². The standard InChI is InChI=1S/C11H23NO3/c1-11(2,13-3)4-6-14-9-10-8-12-5-7-15-10/h10,12H,4-9H2,1-3H3. The van der Waals surface area contributed by atoms with Crippen LogP contribution in [0.2, 0.25) is 0 Å². The Morgan fingerprint density at radius 1 is 1.47 bits per heavy atom. The Labute approximate surface area is 92.3 Å². The van der Waals surface area contributed by atoms with Crippen molar-refractivity contribution in [1.29, 1.82) is 0 Å². The fourth-order valence-corrected chi connectivity index (χ4v) is 1.36. The second kappa shape index (κ2) is 6.43. The molecule has 1 aliphatic rings. The van der Waals surface area contributed by atoms with Crippen molar-refractivity contribution in [3.63, 3.8) is 0 Å². The molecule has 0 spiro atoms. The molecule has 1 heterocycles. The summed E-state index contributed by atoms with van der Waals surface area (Å²) in [6.07, 6.45) is 1.12. The first-order chi connectivity index (χ1) is 7.14. The molecule has 1 unspecified atom stereocenters. The third kappa shape index (κ3) is 5.47. The van der Waals surface area contributed by atoms with Crippen molar-refractivity contribution in [1.82, 2.24) is 5.32 Å². The van der Waals surface area contributed by atoms with Gasteiger partial charge in [-0.1, -0.05) is 0 Å². The van der Waals surface area contributed by atoms with Gasteiger partial charge in [0.1, 0.15) is 0 Å². The van der Waals surface area contributed by atoms with Crippen molar-refractivity contribution in [3.05, 3.63) is 0 Å². The number of morpholine rings is 1. The van der Waals surface area contributed by atoms with E-state index >= 15 is 0 Å². The number of hydrogen-bond acceptors (Lipinski definition) is 4. The van der Waals surface area contributed by atoms with E-state index in [9.17, 15) is 0 Å². The molecule has 0 aromatic carbocycles. The molecular formula is C11H23NO3. The molecule has 1 aliphatic heterocycles. The van der Waals surface area contributed by atoms with Gasteiger partial charge >= 0.3 is 0 Å². The smallest absolute Gasteiger partial charge is 0.0933 e. The van der Waals surface area contributed by atoms with Gasteiger partial charge in [0.15, 0.2) is 0 Å². The van der Waals surface area contributed by atoms with Crippen LogP contribution in [0.25, 0.3) is 0 Å². The van der Waals surface area contributed by atoms with Crippen molar-refractivity contribution in [3.8, 4) is 0 Å². The van der Waals surface area contributed by atoms with Gasteiger partial charge in [-0.25, -0.2) is 0 Å². The van der Waals surface area contributed by atoms with Gasteiger partial charge in [0.2, 0.25) is 0 Å². The lowest BCUT2D eigenvalue weighted by atomic mass is 10.1. The third-order valence-electron chi connectivity index (χ3n) is 2.71. The second-order valence-electron chi connectivity index (χ2n) is 4.49. The van der Waals surface area contributed by atoms with E-state index in [2.05, 4.69) is 19.2 Å². The first-order valence-corrected chi connectivity index (χ1v) is 5.59. The van der Waals surface area contributed by atoms with E-state index in [1.54, 1.807) is 7.11 Å². The largest absolute Gasteiger partial charge is 0.379 e. The van der Waals surface area contributed by atoms with Gasteiger partial charge in [0.25, 0.3) is 0 Å². The lowest BCUT2D eigenvalue weighted by Gasteiger charge is -2.25. The Hall–Kier alpha value is -0.160. The molecule has 0 aliphatic carbocycles. The molecule has 4 heteroatoms. The van der Waals surface area contributed by atoms with Crippen LogP contribution in [0.1, 0.15) is 20.3 Å². The second-order valence-corrected chi connectivity index (χ2v) is 4.49. The fraction of sp³-hybridized carbons (Fsp3) is 1.00. The predicted molar refractivity (Wildman–Crippen MR) is 59.1 cm³/mol. The zero-order chi connectivity index (χ0) is 11.1. The van der Waals surface area contributed by atoms with Gasteiger partial charge in [-0.2, -0.15) is 0 Å². The summed E-state index contributed by atoms with van der Waals surface area (Å²) in [6, 6.07) is 0. The van der Waals surface area contributed by atoms with Crippen molar-refractivity contribution < 1.29 is 14.2 Å². The molecule has 1 N–H and O–H groups in total. The molecule has 15 heavy (non-hydrogen) atoms. The summed E-state index contributed by atoms with van der Waals surface area (Å²) in [5, 5.41) is 3.27. The summed E-state index contributed by atoms with van der Waals surface area (Å²) in [5.41, 5.74) is -0.0916. The van der Waals surface area contributed by atoms with Crippen LogP contribution in [-0.4, -0.2) is 51.7 Å². The van der Waals surface area contributed by atoms with Crippen LogP contribution in [-0.2, 0) is 14.2 Å². The zero-order valence-corrected chi connectivity index (χ0v) is 10.0. The molecule has 4 nitrogen and oxygen atoms in total. The maximum Gasteiger partial charge on any atom is 0.0933 e. The van der Waals surface area contributed by atoms with Gasteiger partial charge in [-0.15, -0.1) is 0 Å². The van der Waals surface area contributed by atoms with Crippen LogP contribution in [0.4, 0.5) is 0 Å². The van der Waals surface area contributed by atoms with Crippen molar-refractivity contribution in [2.75, 3.05) is 40.0 Å². The molecule has 0 saturated carbocycles. The molecule has 0 bridgehead atoms. The van der Waals surface area contributed by atoms with Crippen molar-refractivity contribution in [2.45, 2.75) is 32.0 Å². The minimum Gasteiger partial charge on any atom is -0.379 e. The van der Waals surface area contributed by atoms with E-state index < -0.39 is 0 Å². The van der Waals surface area contributed by atoms with Gasteiger partial charge in [-0.3, -0.25) is 0 Å². The van der Waals surface area contributed by atoms with Crippen LogP contribution in [0, 0.1) is 0 Å². The van der Waals surface area contributed by atoms with E-state index in [-0.39, 0.29) is 11.7 Å². The number of rotatable bonds is 6. The quantitative estimate of drug-likeness (QED) is 0.668. The van der Waals surface area contributed by atoms with Gasteiger partial charge < -0.3 is 19.5 Å². The van der Waals surface area contributed by atoms with E-state index in [1.807, 2.05) is 0 Å². The molecule has 1 saturated heterocycles. The number of methoxy groups -OCH3 is 1. The fourth-order valence-electron chi connectivity index (χ4n) is 1.36. The Balaban J connectivity index is 2.00. The molecule has 0 aromatic rings. The average molecular weight is 217 g/mol. The average Bonchev–Trinajstić information content (AvgIpc) is 2.26. The van der Waals surface area contributed by atoms with E-state index in [4.69, 9.17) is 14.2 Å². The van der Waals surface area contributed by atoms with Gasteiger partial charge in [0.05, 0.1) is 24.9 Å². The summed E-state index contributed by atoms with van der Waals surface area (Å²) in [5.74, 6) is 0. The highest BCUT2D eigenvalue weighted by Crippen LogP contribution is 2.12. The first kappa shape index (κ1) is 12.9. The minimum absolute atomic E-state index is 0.0916. The van der Waals surface area contributed by atoms with Crippen LogP contribution < -0.4 is 5.32 Å². The molecule has 90 valence electrons. The predicted octanol–water partition coefficient (Wildman–Crippen LogP) is 0.807. The number of hydrogen-bond donors (Lipinski definition) is 1. The summed E-state index contributed by atoms with van der Waals surface area (Å²) >= 11 is 0. The highest BCUT2D eigenvalue weighted by atomic mass is 16.5. The summed E-state index contributed by atoms with van der Waals surface area (Å²) in [7, 11) is 1.73. The Bertz CT molecular complexity index is 167. The minimum atomic E-state index is -0.0916. The Morgan fingerprint density at radius 2 is 2.27 bits per heavy atom. The van der Waals surface area contributed by atoms with E-state index in [0.29, 0.717) is 6.61 Å². The maximum atomic E-state index is 5.57. The van der Waals surface area contributed by atoms with Crippen LogP contribution in [0.3, 0.4) is 0 Å². The first-order valence-electron chi connectivity index (χ1n) is 5.59. The third-order valence-corrected chi connectivity index (χ3v) is 2.71. The van der Waals surface area contributed by atoms with Crippen LogP contribution >= 0.6 is 0 Å². The molecule has 0 amide bonds. The lowest BCUT2D eigenvalue weighted by Crippen LogP contribution is -2.41. The van der Waals surface area contributed by atoms with Crippen LogP contribution in [0.15, 0.2) is 0 Å². The molecule has 0 radical (unpaired) electrons. The van der Waals surface area contributed by atoms with E-state index in [0.717, 1.165) is 32.7 Å². The van der Waals surface area contributed by atoms with Gasteiger partial charge in [-0.05, 0) is 20.3 Å². The van der Waals surface area contributed by atoms with Crippen molar-refractivity contribution >= 4 is 0 Å². The van der Waals surface area contributed by atoms with Gasteiger partial charge in [0, 0.05) is 26.8 Å². The molecule has 0 aromatic heterocycles. The monoisotopic (exact) mass is 217 g/mol. The SMILES string of the molecule is COC(C)(C)CCOCC1CNCCO1. The van der Waals surface area contributed by atoms with Crippen LogP contribution in [0.5, 0.6) is 0 Å². The molecule has 1 atom stereocenters. The Kier molecular flexibility index (Phi) is 5.53. The number of nitrogens with one attached hydrogen (secondary N) is 1. The highest BCUT2D eigenvalue weighted by Gasteiger charge is 2.17. The summed E-state index contributed by atoms with van der Waals surface area (Å²) < 4.78 is 16.4. The van der Waals surface area contributed by atoms with E-state index in [1.165, 1.54) is 0 Å². The molecular weight excluding hydrogens is 194 g/mol. The maximum absolute atomic E-state index is 5.57. The lowest BCUT2D eigenvalue weighted by molar-refractivity contribution is -0.0506.